The first-order valence-electron chi connectivity index (χ1n) is 2.24. The fourth-order valence-corrected chi connectivity index (χ4v) is 0.539. The van der Waals surface area contributed by atoms with Crippen LogP contribution in [0.15, 0.2) is 0 Å². The number of nitrogens with one attached hydrogen (secondary N) is 1. The van der Waals surface area contributed by atoms with E-state index in [-0.39, 0.29) is 6.67 Å². The highest BCUT2D eigenvalue weighted by Crippen LogP contribution is 1.73. The fraction of sp³-hybridized carbons (Fsp3) is 1.00. The Labute approximate surface area is 51.4 Å². The first kappa shape index (κ1) is 7.37. The minimum Gasteiger partial charge on any atom is -0.313 e. The average Bonchev–Trinajstić information content (AvgIpc) is 1.69. The molecular formula is C4H9BrFN. The molecule has 0 atom stereocenters. The predicted molar refractivity (Wildman–Crippen MR) is 32.6 cm³/mol. The lowest BCUT2D eigenvalue weighted by Gasteiger charge is -1.93. The Kier molecular flexibility index (Phi) is 6.71. The molecule has 1 N–H and O–H groups in total. The summed E-state index contributed by atoms with van der Waals surface area (Å²) < 4.78 is 11.2. The molecule has 0 amide bonds. The normalized spacial score (nSPS) is 9.43. The molecular weight excluding hydrogens is 161 g/mol. The Balaban J connectivity index is 2.45. The molecule has 0 aromatic heterocycles. The quantitative estimate of drug-likeness (QED) is 0.489. The highest BCUT2D eigenvalue weighted by molar-refractivity contribution is 9.09. The molecule has 44 valence electrons. The van der Waals surface area contributed by atoms with Gasteiger partial charge >= 0.3 is 0 Å². The largest absolute Gasteiger partial charge is 0.313 e. The zero-order valence-corrected chi connectivity index (χ0v) is 5.67. The van der Waals surface area contributed by atoms with E-state index >= 15 is 0 Å². The monoisotopic (exact) mass is 169 g/mol. The Morgan fingerprint density at radius 1 is 1.43 bits per heavy atom. The fourth-order valence-electron chi connectivity index (χ4n) is 0.259. The summed E-state index contributed by atoms with van der Waals surface area (Å²) in [6.07, 6.45) is 0. The van der Waals surface area contributed by atoms with Crippen LogP contribution >= 0.6 is 15.9 Å². The SMILES string of the molecule is FCCNCCBr. The zero-order valence-electron chi connectivity index (χ0n) is 4.08. The molecule has 0 aliphatic heterocycles. The minimum absolute atomic E-state index is 0.271. The Morgan fingerprint density at radius 3 is 2.57 bits per heavy atom. The van der Waals surface area contributed by atoms with Crippen molar-refractivity contribution < 1.29 is 4.39 Å². The first-order chi connectivity index (χ1) is 3.41. The highest BCUT2D eigenvalue weighted by atomic mass is 79.9. The van der Waals surface area contributed by atoms with E-state index < -0.39 is 0 Å². The third-order valence-corrected chi connectivity index (χ3v) is 0.939. The van der Waals surface area contributed by atoms with Gasteiger partial charge in [0.2, 0.25) is 0 Å². The van der Waals surface area contributed by atoms with Gasteiger partial charge in [-0.05, 0) is 0 Å². The van der Waals surface area contributed by atoms with Gasteiger partial charge in [-0.25, -0.2) is 4.39 Å². The summed E-state index contributed by atoms with van der Waals surface area (Å²) in [5.41, 5.74) is 0. The van der Waals surface area contributed by atoms with Crippen LogP contribution < -0.4 is 5.32 Å². The minimum atomic E-state index is -0.271. The molecule has 0 aromatic rings. The van der Waals surface area contributed by atoms with Gasteiger partial charge in [0.15, 0.2) is 0 Å². The number of alkyl halides is 2. The Hall–Kier alpha value is 0.370. The van der Waals surface area contributed by atoms with Crippen LogP contribution in [-0.2, 0) is 0 Å². The van der Waals surface area contributed by atoms with E-state index in [0.29, 0.717) is 6.54 Å². The molecule has 0 saturated carbocycles. The maximum Gasteiger partial charge on any atom is 0.102 e. The second-order valence-electron chi connectivity index (χ2n) is 1.13. The molecule has 3 heteroatoms. The van der Waals surface area contributed by atoms with Crippen molar-refractivity contribution >= 4 is 15.9 Å². The summed E-state index contributed by atoms with van der Waals surface area (Å²) in [4.78, 5) is 0. The Bertz CT molecular complexity index is 30.9. The topological polar surface area (TPSA) is 12.0 Å². The van der Waals surface area contributed by atoms with Crippen LogP contribution in [0.2, 0.25) is 0 Å². The first-order valence-corrected chi connectivity index (χ1v) is 3.36. The van der Waals surface area contributed by atoms with E-state index in [1.807, 2.05) is 0 Å². The van der Waals surface area contributed by atoms with E-state index in [1.54, 1.807) is 0 Å². The molecule has 0 saturated heterocycles. The summed E-state index contributed by atoms with van der Waals surface area (Å²) in [6.45, 7) is 1.06. The number of rotatable bonds is 4. The van der Waals surface area contributed by atoms with Crippen molar-refractivity contribution in [2.75, 3.05) is 25.1 Å². The van der Waals surface area contributed by atoms with Gasteiger partial charge in [-0.2, -0.15) is 0 Å². The lowest BCUT2D eigenvalue weighted by atomic mass is 10.6. The molecule has 0 spiro atoms. The lowest BCUT2D eigenvalue weighted by Crippen LogP contribution is -2.18. The molecule has 0 heterocycles. The van der Waals surface area contributed by atoms with Gasteiger partial charge in [0.05, 0.1) is 0 Å². The summed E-state index contributed by atoms with van der Waals surface area (Å²) in [6, 6.07) is 0. The van der Waals surface area contributed by atoms with Crippen molar-refractivity contribution in [2.45, 2.75) is 0 Å². The van der Waals surface area contributed by atoms with Gasteiger partial charge in [0, 0.05) is 18.4 Å². The highest BCUT2D eigenvalue weighted by Gasteiger charge is 1.79. The molecule has 0 aliphatic rings. The molecule has 7 heavy (non-hydrogen) atoms. The molecule has 0 bridgehead atoms. The Morgan fingerprint density at radius 2 is 2.14 bits per heavy atom. The molecule has 1 nitrogen and oxygen atoms in total. The maximum atomic E-state index is 11.2. The van der Waals surface area contributed by atoms with E-state index in [9.17, 15) is 4.39 Å². The third-order valence-electron chi connectivity index (χ3n) is 0.543. The van der Waals surface area contributed by atoms with Crippen LogP contribution in [0.5, 0.6) is 0 Å². The second-order valence-corrected chi connectivity index (χ2v) is 1.92. The number of halogens is 2. The standard InChI is InChI=1S/C4H9BrFN/c5-1-3-7-4-2-6/h7H,1-4H2. The third kappa shape index (κ3) is 6.37. The van der Waals surface area contributed by atoms with E-state index in [4.69, 9.17) is 0 Å². The van der Waals surface area contributed by atoms with Crippen molar-refractivity contribution in [2.24, 2.45) is 0 Å². The lowest BCUT2D eigenvalue weighted by molar-refractivity contribution is 0.473. The van der Waals surface area contributed by atoms with Gasteiger partial charge < -0.3 is 5.32 Å². The van der Waals surface area contributed by atoms with Crippen LogP contribution in [0.25, 0.3) is 0 Å². The summed E-state index contributed by atoms with van der Waals surface area (Å²) in [5.74, 6) is 0. The van der Waals surface area contributed by atoms with Gasteiger partial charge in [-0.1, -0.05) is 15.9 Å². The zero-order chi connectivity index (χ0) is 5.54. The van der Waals surface area contributed by atoms with E-state index in [2.05, 4.69) is 21.2 Å². The van der Waals surface area contributed by atoms with Gasteiger partial charge in [0.1, 0.15) is 6.67 Å². The van der Waals surface area contributed by atoms with Crippen molar-refractivity contribution in [3.8, 4) is 0 Å². The smallest absolute Gasteiger partial charge is 0.102 e. The molecule has 0 fully saturated rings. The van der Waals surface area contributed by atoms with Crippen LogP contribution in [0, 0.1) is 0 Å². The van der Waals surface area contributed by atoms with Crippen molar-refractivity contribution in [3.63, 3.8) is 0 Å². The van der Waals surface area contributed by atoms with E-state index in [1.165, 1.54) is 0 Å². The molecule has 0 aromatic carbocycles. The van der Waals surface area contributed by atoms with Crippen LogP contribution in [0.3, 0.4) is 0 Å². The van der Waals surface area contributed by atoms with Crippen LogP contribution in [0.4, 0.5) is 4.39 Å². The van der Waals surface area contributed by atoms with Crippen molar-refractivity contribution in [1.29, 1.82) is 0 Å². The average molecular weight is 170 g/mol. The maximum absolute atomic E-state index is 11.2. The number of hydrogen-bond donors (Lipinski definition) is 1. The summed E-state index contributed by atoms with van der Waals surface area (Å²) >= 11 is 3.19. The molecule has 0 unspecified atom stereocenters. The summed E-state index contributed by atoms with van der Waals surface area (Å²) in [7, 11) is 0. The summed E-state index contributed by atoms with van der Waals surface area (Å²) in [5, 5.41) is 3.76. The van der Waals surface area contributed by atoms with Gasteiger partial charge in [-0.15, -0.1) is 0 Å². The molecule has 0 rings (SSSR count). The van der Waals surface area contributed by atoms with Crippen molar-refractivity contribution in [1.82, 2.24) is 5.32 Å². The molecule has 0 aliphatic carbocycles. The van der Waals surface area contributed by atoms with E-state index in [0.717, 1.165) is 11.9 Å². The van der Waals surface area contributed by atoms with Crippen LogP contribution in [-0.4, -0.2) is 25.1 Å². The molecule has 0 radical (unpaired) electrons. The second kappa shape index (κ2) is 6.37. The predicted octanol–water partition coefficient (Wildman–Crippen LogP) is 0.940. The van der Waals surface area contributed by atoms with Crippen LogP contribution in [0.1, 0.15) is 0 Å². The van der Waals surface area contributed by atoms with Gasteiger partial charge in [0.25, 0.3) is 0 Å². The van der Waals surface area contributed by atoms with Crippen molar-refractivity contribution in [3.05, 3.63) is 0 Å². The van der Waals surface area contributed by atoms with Gasteiger partial charge in [-0.3, -0.25) is 0 Å². The number of hydrogen-bond acceptors (Lipinski definition) is 1.